The van der Waals surface area contributed by atoms with Gasteiger partial charge in [0, 0.05) is 19.0 Å². The molecule has 0 aliphatic carbocycles. The summed E-state index contributed by atoms with van der Waals surface area (Å²) in [5.41, 5.74) is 6.72. The number of nitrogens with one attached hydrogen (secondary N) is 2. The topological polar surface area (TPSA) is 117 Å². The van der Waals surface area contributed by atoms with Crippen molar-refractivity contribution in [2.24, 2.45) is 10.8 Å². The number of amides is 3. The van der Waals surface area contributed by atoms with Crippen molar-refractivity contribution in [3.05, 3.63) is 53.3 Å². The SMILES string of the molecule is CC(=O)Nc1ccc(NC(=O)C2=NN(c3ccc(F)cc3)C(C(N)=O)C2)c(Cl)c1. The number of hydrogen-bond acceptors (Lipinski definition) is 5. The van der Waals surface area contributed by atoms with E-state index in [9.17, 15) is 18.8 Å². The van der Waals surface area contributed by atoms with Gasteiger partial charge in [0.2, 0.25) is 11.8 Å². The average molecular weight is 418 g/mol. The molecule has 3 rings (SSSR count). The molecule has 1 aliphatic heterocycles. The molecule has 8 nitrogen and oxygen atoms in total. The zero-order valence-electron chi connectivity index (χ0n) is 15.3. The molecular formula is C19H17ClFN5O3. The number of benzene rings is 2. The van der Waals surface area contributed by atoms with E-state index < -0.39 is 23.7 Å². The highest BCUT2D eigenvalue weighted by molar-refractivity contribution is 6.45. The third-order valence-corrected chi connectivity index (χ3v) is 4.44. The van der Waals surface area contributed by atoms with Crippen LogP contribution in [0, 0.1) is 5.82 Å². The summed E-state index contributed by atoms with van der Waals surface area (Å²) in [4.78, 5) is 35.5. The summed E-state index contributed by atoms with van der Waals surface area (Å²) in [6.07, 6.45) is -0.0138. The normalized spacial score (nSPS) is 15.6. The Kier molecular flexibility index (Phi) is 5.79. The molecule has 1 atom stereocenters. The Hall–Kier alpha value is -3.46. The Bertz CT molecular complexity index is 1010. The summed E-state index contributed by atoms with van der Waals surface area (Å²) in [6.45, 7) is 1.36. The van der Waals surface area contributed by atoms with Crippen LogP contribution in [0.2, 0.25) is 5.02 Å². The smallest absolute Gasteiger partial charge is 0.272 e. The molecule has 1 aliphatic rings. The van der Waals surface area contributed by atoms with Gasteiger partial charge >= 0.3 is 0 Å². The quantitative estimate of drug-likeness (QED) is 0.692. The minimum atomic E-state index is -0.876. The lowest BCUT2D eigenvalue weighted by molar-refractivity contribution is -0.119. The number of nitrogens with two attached hydrogens (primary N) is 1. The van der Waals surface area contributed by atoms with Crippen LogP contribution in [-0.2, 0) is 14.4 Å². The number of hydrogen-bond donors (Lipinski definition) is 3. The molecule has 3 amide bonds. The van der Waals surface area contributed by atoms with Crippen LogP contribution in [0.5, 0.6) is 0 Å². The zero-order chi connectivity index (χ0) is 21.1. The number of rotatable bonds is 5. The predicted octanol–water partition coefficient (Wildman–Crippen LogP) is 2.50. The van der Waals surface area contributed by atoms with Crippen molar-refractivity contribution in [3.63, 3.8) is 0 Å². The van der Waals surface area contributed by atoms with Crippen molar-refractivity contribution in [2.75, 3.05) is 15.6 Å². The highest BCUT2D eigenvalue weighted by atomic mass is 35.5. The van der Waals surface area contributed by atoms with Gasteiger partial charge in [0.15, 0.2) is 0 Å². The molecule has 0 spiro atoms. The second-order valence-electron chi connectivity index (χ2n) is 6.32. The van der Waals surface area contributed by atoms with Crippen molar-refractivity contribution in [2.45, 2.75) is 19.4 Å². The number of halogens is 2. The molecule has 4 N–H and O–H groups in total. The van der Waals surface area contributed by atoms with E-state index in [1.165, 1.54) is 48.3 Å². The molecule has 2 aromatic rings. The van der Waals surface area contributed by atoms with E-state index >= 15 is 0 Å². The van der Waals surface area contributed by atoms with E-state index in [2.05, 4.69) is 15.7 Å². The first-order valence-corrected chi connectivity index (χ1v) is 8.92. The largest absolute Gasteiger partial charge is 0.368 e. The van der Waals surface area contributed by atoms with Crippen LogP contribution in [-0.4, -0.2) is 29.5 Å². The lowest BCUT2D eigenvalue weighted by Gasteiger charge is -2.20. The van der Waals surface area contributed by atoms with E-state index in [1.54, 1.807) is 6.07 Å². The molecule has 1 unspecified atom stereocenters. The van der Waals surface area contributed by atoms with Crippen LogP contribution in [0.15, 0.2) is 47.6 Å². The van der Waals surface area contributed by atoms with Gasteiger partial charge in [0.05, 0.1) is 16.4 Å². The third-order valence-electron chi connectivity index (χ3n) is 4.13. The lowest BCUT2D eigenvalue weighted by atomic mass is 10.1. The standard InChI is InChI=1S/C19H17ClFN5O3/c1-10(27)23-12-4-7-15(14(20)8-12)24-19(29)16-9-17(18(22)28)26(25-16)13-5-2-11(21)3-6-13/h2-8,17H,9H2,1H3,(H2,22,28)(H,23,27)(H,24,29). The summed E-state index contributed by atoms with van der Waals surface area (Å²) in [5, 5.41) is 10.9. The molecule has 0 bridgehead atoms. The van der Waals surface area contributed by atoms with Crippen molar-refractivity contribution >= 4 is 52.1 Å². The highest BCUT2D eigenvalue weighted by Gasteiger charge is 2.35. The van der Waals surface area contributed by atoms with Gasteiger partial charge in [-0.2, -0.15) is 5.10 Å². The van der Waals surface area contributed by atoms with Crippen molar-refractivity contribution in [1.29, 1.82) is 0 Å². The number of carbonyl (C=O) groups is 3. The molecule has 2 aromatic carbocycles. The maximum atomic E-state index is 13.2. The monoisotopic (exact) mass is 417 g/mol. The maximum Gasteiger partial charge on any atom is 0.272 e. The van der Waals surface area contributed by atoms with Crippen molar-refractivity contribution in [3.8, 4) is 0 Å². The van der Waals surface area contributed by atoms with E-state index in [0.717, 1.165) is 0 Å². The fourth-order valence-corrected chi connectivity index (χ4v) is 3.02. The van der Waals surface area contributed by atoms with Gasteiger partial charge in [-0.3, -0.25) is 19.4 Å². The molecule has 0 saturated heterocycles. The van der Waals surface area contributed by atoms with Gasteiger partial charge in [-0.25, -0.2) is 4.39 Å². The molecule has 0 saturated carbocycles. The van der Waals surface area contributed by atoms with Gasteiger partial charge in [-0.1, -0.05) is 11.6 Å². The summed E-state index contributed by atoms with van der Waals surface area (Å²) >= 11 is 6.16. The van der Waals surface area contributed by atoms with Crippen molar-refractivity contribution in [1.82, 2.24) is 0 Å². The minimum Gasteiger partial charge on any atom is -0.368 e. The fourth-order valence-electron chi connectivity index (χ4n) is 2.79. The van der Waals surface area contributed by atoms with Crippen LogP contribution in [0.4, 0.5) is 21.5 Å². The van der Waals surface area contributed by atoms with Crippen LogP contribution in [0.25, 0.3) is 0 Å². The molecule has 0 radical (unpaired) electrons. The highest BCUT2D eigenvalue weighted by Crippen LogP contribution is 2.28. The van der Waals surface area contributed by atoms with Crippen LogP contribution >= 0.6 is 11.6 Å². The number of primary amides is 1. The first-order chi connectivity index (χ1) is 13.7. The Labute approximate surface area is 170 Å². The average Bonchev–Trinajstić information content (AvgIpc) is 3.10. The second kappa shape index (κ2) is 8.27. The first-order valence-electron chi connectivity index (χ1n) is 8.54. The summed E-state index contributed by atoms with van der Waals surface area (Å²) < 4.78 is 13.2. The Balaban J connectivity index is 1.80. The summed E-state index contributed by atoms with van der Waals surface area (Å²) in [5.74, 6) is -1.92. The predicted molar refractivity (Wildman–Crippen MR) is 108 cm³/mol. The van der Waals surface area contributed by atoms with Gasteiger partial charge in [-0.15, -0.1) is 0 Å². The molecule has 29 heavy (non-hydrogen) atoms. The van der Waals surface area contributed by atoms with Gasteiger partial charge < -0.3 is 16.4 Å². The molecule has 0 aromatic heterocycles. The summed E-state index contributed by atoms with van der Waals surface area (Å²) in [7, 11) is 0. The van der Waals surface area contributed by atoms with E-state index in [4.69, 9.17) is 17.3 Å². The Morgan fingerprint density at radius 2 is 1.86 bits per heavy atom. The molecular weight excluding hydrogens is 401 g/mol. The number of anilines is 3. The third kappa shape index (κ3) is 4.69. The molecule has 1 heterocycles. The Morgan fingerprint density at radius 1 is 1.17 bits per heavy atom. The van der Waals surface area contributed by atoms with Crippen LogP contribution in [0.3, 0.4) is 0 Å². The first kappa shape index (κ1) is 20.3. The second-order valence-corrected chi connectivity index (χ2v) is 6.73. The fraction of sp³-hybridized carbons (Fsp3) is 0.158. The van der Waals surface area contributed by atoms with Crippen LogP contribution < -0.4 is 21.4 Å². The zero-order valence-corrected chi connectivity index (χ0v) is 16.0. The molecule has 10 heteroatoms. The summed E-state index contributed by atoms with van der Waals surface area (Å²) in [6, 6.07) is 9.04. The van der Waals surface area contributed by atoms with E-state index in [0.29, 0.717) is 17.1 Å². The molecule has 150 valence electrons. The van der Waals surface area contributed by atoms with Crippen molar-refractivity contribution < 1.29 is 18.8 Å². The van der Waals surface area contributed by atoms with Crippen LogP contribution in [0.1, 0.15) is 13.3 Å². The van der Waals surface area contributed by atoms with E-state index in [1.807, 2.05) is 0 Å². The molecule has 0 fully saturated rings. The number of hydrazone groups is 1. The van der Waals surface area contributed by atoms with Gasteiger partial charge in [0.1, 0.15) is 17.6 Å². The van der Waals surface area contributed by atoms with E-state index in [-0.39, 0.29) is 23.1 Å². The van der Waals surface area contributed by atoms with Gasteiger partial charge in [-0.05, 0) is 42.5 Å². The van der Waals surface area contributed by atoms with Gasteiger partial charge in [0.25, 0.3) is 5.91 Å². The maximum absolute atomic E-state index is 13.2. The lowest BCUT2D eigenvalue weighted by Crippen LogP contribution is -2.39. The minimum absolute atomic E-state index is 0.0138. The Morgan fingerprint density at radius 3 is 2.45 bits per heavy atom. The number of carbonyl (C=O) groups excluding carboxylic acids is 3. The number of nitrogens with zero attached hydrogens (tertiary/aromatic N) is 2.